The van der Waals surface area contributed by atoms with Gasteiger partial charge in [0.1, 0.15) is 18.1 Å². The second kappa shape index (κ2) is 9.45. The number of rotatable bonds is 8. The molecule has 156 valence electrons. The number of ether oxygens (including phenoxy) is 1. The van der Waals surface area contributed by atoms with Gasteiger partial charge in [-0.2, -0.15) is 0 Å². The van der Waals surface area contributed by atoms with Crippen molar-refractivity contribution < 1.29 is 33.4 Å². The molecule has 1 aromatic carbocycles. The number of carboxylic acids is 1. The molecule has 0 bridgehead atoms. The highest BCUT2D eigenvalue weighted by Crippen LogP contribution is 2.33. The molecule has 3 rings (SSSR count). The first-order valence-electron chi connectivity index (χ1n) is 9.23. The Morgan fingerprint density at radius 3 is 2.77 bits per heavy atom. The van der Waals surface area contributed by atoms with Gasteiger partial charge in [0, 0.05) is 11.6 Å². The van der Waals surface area contributed by atoms with Gasteiger partial charge >= 0.3 is 11.9 Å². The first kappa shape index (κ1) is 21.4. The zero-order chi connectivity index (χ0) is 21.7. The van der Waals surface area contributed by atoms with Crippen molar-refractivity contribution in [2.24, 2.45) is 0 Å². The highest BCUT2D eigenvalue weighted by molar-refractivity contribution is 8.18. The van der Waals surface area contributed by atoms with Crippen LogP contribution in [-0.4, -0.2) is 46.2 Å². The molecule has 0 radical (unpaired) electrons. The monoisotopic (exact) mass is 429 g/mol. The molecule has 1 N–H and O–H groups in total. The Kier molecular flexibility index (Phi) is 6.73. The van der Waals surface area contributed by atoms with Gasteiger partial charge < -0.3 is 14.3 Å². The van der Waals surface area contributed by atoms with E-state index in [4.69, 9.17) is 14.3 Å². The molecular weight excluding hydrogens is 410 g/mol. The van der Waals surface area contributed by atoms with E-state index >= 15 is 0 Å². The van der Waals surface area contributed by atoms with Crippen LogP contribution >= 0.6 is 11.8 Å². The molecule has 8 nitrogen and oxygen atoms in total. The number of esters is 1. The quantitative estimate of drug-likeness (QED) is 0.380. The fourth-order valence-electron chi connectivity index (χ4n) is 2.66. The molecule has 0 saturated carbocycles. The van der Waals surface area contributed by atoms with E-state index in [-0.39, 0.29) is 17.1 Å². The number of furan rings is 1. The van der Waals surface area contributed by atoms with E-state index in [0.29, 0.717) is 35.3 Å². The Bertz CT molecular complexity index is 1020. The lowest BCUT2D eigenvalue weighted by atomic mass is 10.1. The molecule has 1 aliphatic rings. The van der Waals surface area contributed by atoms with Crippen molar-refractivity contribution in [3.8, 4) is 11.3 Å². The summed E-state index contributed by atoms with van der Waals surface area (Å²) < 4.78 is 10.7. The second-order valence-electron chi connectivity index (χ2n) is 6.43. The normalized spacial score (nSPS) is 15.1. The molecule has 0 atom stereocenters. The number of unbranched alkanes of at least 4 members (excludes halogenated alkanes) is 1. The lowest BCUT2D eigenvalue weighted by molar-refractivity contribution is -0.146. The van der Waals surface area contributed by atoms with Gasteiger partial charge in [0.2, 0.25) is 0 Å². The summed E-state index contributed by atoms with van der Waals surface area (Å²) in [6.07, 6.45) is 2.99. The van der Waals surface area contributed by atoms with Crippen LogP contribution in [0.15, 0.2) is 45.7 Å². The molecule has 0 aliphatic carbocycles. The number of thioether (sulfide) groups is 1. The predicted molar refractivity (Wildman–Crippen MR) is 110 cm³/mol. The Hall–Kier alpha value is -3.33. The van der Waals surface area contributed by atoms with Crippen LogP contribution in [0.5, 0.6) is 0 Å². The van der Waals surface area contributed by atoms with E-state index in [1.165, 1.54) is 18.2 Å². The number of aromatic carboxylic acids is 1. The van der Waals surface area contributed by atoms with Gasteiger partial charge in [-0.1, -0.05) is 25.5 Å². The van der Waals surface area contributed by atoms with E-state index in [1.54, 1.807) is 24.3 Å². The van der Waals surface area contributed by atoms with Crippen LogP contribution in [0.4, 0.5) is 4.79 Å². The minimum Gasteiger partial charge on any atom is -0.478 e. The molecule has 2 aromatic rings. The number of amides is 2. The van der Waals surface area contributed by atoms with Crippen LogP contribution < -0.4 is 0 Å². The maximum Gasteiger partial charge on any atom is 0.335 e. The summed E-state index contributed by atoms with van der Waals surface area (Å²) in [7, 11) is 0. The summed E-state index contributed by atoms with van der Waals surface area (Å²) in [6.45, 7) is 1.77. The number of nitrogens with zero attached hydrogens (tertiary/aromatic N) is 1. The fraction of sp³-hybridized carbons (Fsp3) is 0.238. The lowest BCUT2D eigenvalue weighted by Crippen LogP contribution is -2.34. The Labute approximate surface area is 176 Å². The van der Waals surface area contributed by atoms with E-state index in [9.17, 15) is 19.2 Å². The summed E-state index contributed by atoms with van der Waals surface area (Å²) in [4.78, 5) is 48.5. The number of benzene rings is 1. The fourth-order valence-corrected chi connectivity index (χ4v) is 3.48. The topological polar surface area (TPSA) is 114 Å². The third-order valence-corrected chi connectivity index (χ3v) is 5.12. The largest absolute Gasteiger partial charge is 0.478 e. The third kappa shape index (κ3) is 4.98. The minimum absolute atomic E-state index is 0.123. The van der Waals surface area contributed by atoms with Crippen LogP contribution in [0.3, 0.4) is 0 Å². The van der Waals surface area contributed by atoms with Crippen LogP contribution in [0.25, 0.3) is 17.4 Å². The van der Waals surface area contributed by atoms with Gasteiger partial charge in [0.05, 0.1) is 17.1 Å². The number of hydrogen-bond donors (Lipinski definition) is 1. The molecule has 30 heavy (non-hydrogen) atoms. The van der Waals surface area contributed by atoms with Crippen LogP contribution in [0.2, 0.25) is 0 Å². The van der Waals surface area contributed by atoms with Gasteiger partial charge in [-0.05, 0) is 42.4 Å². The van der Waals surface area contributed by atoms with Crippen molar-refractivity contribution in [2.45, 2.75) is 19.8 Å². The molecule has 1 aromatic heterocycles. The molecule has 1 fully saturated rings. The predicted octanol–water partition coefficient (Wildman–Crippen LogP) is 4.02. The van der Waals surface area contributed by atoms with Crippen LogP contribution in [-0.2, 0) is 14.3 Å². The zero-order valence-electron chi connectivity index (χ0n) is 16.1. The van der Waals surface area contributed by atoms with Gasteiger partial charge in [-0.25, -0.2) is 4.79 Å². The Morgan fingerprint density at radius 2 is 2.03 bits per heavy atom. The first-order valence-corrected chi connectivity index (χ1v) is 10.0. The minimum atomic E-state index is -1.05. The van der Waals surface area contributed by atoms with E-state index < -0.39 is 29.6 Å². The maximum atomic E-state index is 12.5. The molecule has 1 aliphatic heterocycles. The van der Waals surface area contributed by atoms with Gasteiger partial charge in [-0.3, -0.25) is 19.3 Å². The van der Waals surface area contributed by atoms with E-state index in [2.05, 4.69) is 0 Å². The molecule has 2 heterocycles. The highest BCUT2D eigenvalue weighted by atomic mass is 32.2. The molecule has 9 heteroatoms. The van der Waals surface area contributed by atoms with Crippen molar-refractivity contribution in [2.75, 3.05) is 13.2 Å². The van der Waals surface area contributed by atoms with Crippen molar-refractivity contribution in [3.05, 3.63) is 52.6 Å². The average Bonchev–Trinajstić information content (AvgIpc) is 3.29. The van der Waals surface area contributed by atoms with Gasteiger partial charge in [0.15, 0.2) is 0 Å². The van der Waals surface area contributed by atoms with Gasteiger partial charge in [-0.15, -0.1) is 0 Å². The van der Waals surface area contributed by atoms with Crippen molar-refractivity contribution >= 4 is 40.9 Å². The maximum absolute atomic E-state index is 12.5. The summed E-state index contributed by atoms with van der Waals surface area (Å²) in [5, 5.41) is 8.55. The van der Waals surface area contributed by atoms with Crippen LogP contribution in [0.1, 0.15) is 35.9 Å². The molecular formula is C21H19NO7S. The van der Waals surface area contributed by atoms with Gasteiger partial charge in [0.25, 0.3) is 11.1 Å². The summed E-state index contributed by atoms with van der Waals surface area (Å²) in [5.41, 5.74) is 0.690. The molecule has 0 spiro atoms. The summed E-state index contributed by atoms with van der Waals surface area (Å²) in [6, 6.07) is 9.50. The standard InChI is InChI=1S/C21H19NO7S/c1-2-3-9-28-18(23)12-22-19(24)17(30-21(22)27)11-15-7-8-16(29-15)13-5-4-6-14(10-13)20(25)26/h4-8,10-11H,2-3,9,12H2,1H3,(H,25,26)/b17-11+. The highest BCUT2D eigenvalue weighted by Gasteiger charge is 2.36. The van der Waals surface area contributed by atoms with Crippen molar-refractivity contribution in [1.82, 2.24) is 4.90 Å². The molecule has 2 amide bonds. The third-order valence-electron chi connectivity index (χ3n) is 4.22. The van der Waals surface area contributed by atoms with E-state index in [1.807, 2.05) is 6.92 Å². The number of carboxylic acid groups (broad SMARTS) is 1. The average molecular weight is 429 g/mol. The Balaban J connectivity index is 1.71. The summed E-state index contributed by atoms with van der Waals surface area (Å²) in [5.74, 6) is -1.54. The zero-order valence-corrected chi connectivity index (χ0v) is 16.9. The van der Waals surface area contributed by atoms with Crippen molar-refractivity contribution in [1.29, 1.82) is 0 Å². The lowest BCUT2D eigenvalue weighted by Gasteiger charge is -2.11. The summed E-state index contributed by atoms with van der Waals surface area (Å²) >= 11 is 0.711. The number of hydrogen-bond acceptors (Lipinski definition) is 7. The number of carbonyl (C=O) groups is 4. The number of carbonyl (C=O) groups excluding carboxylic acids is 3. The number of imide groups is 1. The SMILES string of the molecule is CCCCOC(=O)CN1C(=O)S/C(=C/c2ccc(-c3cccc(C(=O)O)c3)o2)C1=O. The molecule has 1 saturated heterocycles. The molecule has 0 unspecified atom stereocenters. The van der Waals surface area contributed by atoms with Crippen LogP contribution in [0, 0.1) is 0 Å². The first-order chi connectivity index (χ1) is 14.4. The van der Waals surface area contributed by atoms with Crippen molar-refractivity contribution in [3.63, 3.8) is 0 Å². The smallest absolute Gasteiger partial charge is 0.335 e. The second-order valence-corrected chi connectivity index (χ2v) is 7.42. The van der Waals surface area contributed by atoms with E-state index in [0.717, 1.165) is 11.3 Å². The Morgan fingerprint density at radius 1 is 1.23 bits per heavy atom.